The molecule has 0 bridgehead atoms. The monoisotopic (exact) mass is 325 g/mol. The summed E-state index contributed by atoms with van der Waals surface area (Å²) >= 11 is 0. The van der Waals surface area contributed by atoms with Crippen LogP contribution in [0.25, 0.3) is 0 Å². The van der Waals surface area contributed by atoms with Gasteiger partial charge in [-0.2, -0.15) is 0 Å². The highest BCUT2D eigenvalue weighted by Crippen LogP contribution is 2.36. The minimum Gasteiger partial charge on any atom is -0.548 e. The van der Waals surface area contributed by atoms with Crippen LogP contribution in [0.5, 0.6) is 0 Å². The van der Waals surface area contributed by atoms with Crippen molar-refractivity contribution < 1.29 is 19.5 Å². The Morgan fingerprint density at radius 1 is 1.33 bits per heavy atom. The van der Waals surface area contributed by atoms with Crippen LogP contribution in [0.3, 0.4) is 0 Å². The molecule has 2 rings (SSSR count). The van der Waals surface area contributed by atoms with Gasteiger partial charge in [0.15, 0.2) is 0 Å². The molecule has 0 spiro atoms. The van der Waals surface area contributed by atoms with Gasteiger partial charge in [-0.3, -0.25) is 14.5 Å². The number of likely N-dealkylation sites (tertiary alicyclic amines) is 1. The van der Waals surface area contributed by atoms with Crippen molar-refractivity contribution in [2.24, 2.45) is 0 Å². The Morgan fingerprint density at radius 2 is 2.00 bits per heavy atom. The van der Waals surface area contributed by atoms with Crippen molar-refractivity contribution in [1.29, 1.82) is 0 Å². The average Bonchev–Trinajstić information content (AvgIpc) is 2.78. The fraction of sp³-hybridized carbons (Fsp3) is 0.385. The number of carboxylic acid groups (broad SMARTS) is 1. The van der Waals surface area contributed by atoms with Crippen LogP contribution in [-0.2, 0) is 14.4 Å². The molecule has 21 heavy (non-hydrogen) atoms. The molecular formula is C13H13N2O4S2-. The zero-order valence-corrected chi connectivity index (χ0v) is 12.9. The van der Waals surface area contributed by atoms with E-state index in [-0.39, 0.29) is 12.8 Å². The summed E-state index contributed by atoms with van der Waals surface area (Å²) in [7, 11) is 2.54. The number of imide groups is 1. The molecule has 2 unspecified atom stereocenters. The molecule has 1 aliphatic heterocycles. The largest absolute Gasteiger partial charge is 0.548 e. The van der Waals surface area contributed by atoms with Crippen LogP contribution in [-0.4, -0.2) is 39.0 Å². The van der Waals surface area contributed by atoms with E-state index in [1.807, 2.05) is 6.07 Å². The van der Waals surface area contributed by atoms with E-state index in [2.05, 4.69) is 4.98 Å². The van der Waals surface area contributed by atoms with Crippen LogP contribution in [0.1, 0.15) is 19.8 Å². The van der Waals surface area contributed by atoms with Gasteiger partial charge in [-0.15, -0.1) is 0 Å². The molecule has 0 N–H and O–H groups in total. The summed E-state index contributed by atoms with van der Waals surface area (Å²) in [4.78, 5) is 39.7. The van der Waals surface area contributed by atoms with E-state index in [1.54, 1.807) is 25.3 Å². The Labute approximate surface area is 129 Å². The number of rotatable bonds is 6. The average molecular weight is 325 g/mol. The summed E-state index contributed by atoms with van der Waals surface area (Å²) in [6, 6.07) is 4.15. The number of hydrogen-bond donors (Lipinski definition) is 0. The number of pyridine rings is 1. The van der Waals surface area contributed by atoms with Gasteiger partial charge in [0.2, 0.25) is 11.8 Å². The van der Waals surface area contributed by atoms with Gasteiger partial charge in [-0.1, -0.05) is 23.8 Å². The predicted molar refractivity (Wildman–Crippen MR) is 77.0 cm³/mol. The molecule has 1 aromatic rings. The lowest BCUT2D eigenvalue weighted by Crippen LogP contribution is -2.54. The van der Waals surface area contributed by atoms with Gasteiger partial charge >= 0.3 is 0 Å². The molecule has 0 saturated carbocycles. The van der Waals surface area contributed by atoms with E-state index in [0.29, 0.717) is 0 Å². The maximum absolute atomic E-state index is 11.7. The third kappa shape index (κ3) is 3.76. The molecule has 8 heteroatoms. The molecular weight excluding hydrogens is 312 g/mol. The van der Waals surface area contributed by atoms with Crippen LogP contribution < -0.4 is 5.11 Å². The standard InChI is InChI=1S/C13H14N2O4S2/c1-8(20-21-9-4-2-3-7-14-9)12(13(18)19)15-10(16)5-6-11(15)17/h2-4,7-8,12H,5-6H2,1H3,(H,18,19)/p-1. The first-order valence-electron chi connectivity index (χ1n) is 6.31. The summed E-state index contributed by atoms with van der Waals surface area (Å²) in [6.07, 6.45) is 1.76. The smallest absolute Gasteiger partial charge is 0.230 e. The second kappa shape index (κ2) is 6.95. The second-order valence-corrected chi connectivity index (χ2v) is 7.07. The van der Waals surface area contributed by atoms with Crippen molar-refractivity contribution >= 4 is 39.4 Å². The minimum absolute atomic E-state index is 0.0629. The number of nitrogens with zero attached hydrogens (tertiary/aromatic N) is 2. The van der Waals surface area contributed by atoms with Gasteiger partial charge in [0, 0.05) is 24.3 Å². The molecule has 112 valence electrons. The van der Waals surface area contributed by atoms with Gasteiger partial charge in [-0.05, 0) is 22.9 Å². The van der Waals surface area contributed by atoms with E-state index in [1.165, 1.54) is 21.6 Å². The number of carboxylic acids is 1. The second-order valence-electron chi connectivity index (χ2n) is 4.47. The summed E-state index contributed by atoms with van der Waals surface area (Å²) in [5, 5.41) is 11.6. The molecule has 0 aliphatic carbocycles. The van der Waals surface area contributed by atoms with E-state index in [4.69, 9.17) is 0 Å². The van der Waals surface area contributed by atoms with E-state index in [9.17, 15) is 19.5 Å². The third-order valence-corrected chi connectivity index (χ3v) is 5.76. The third-order valence-electron chi connectivity index (χ3n) is 2.98. The molecule has 2 heterocycles. The van der Waals surface area contributed by atoms with E-state index < -0.39 is 29.1 Å². The first-order chi connectivity index (χ1) is 10.0. The lowest BCUT2D eigenvalue weighted by Gasteiger charge is -2.31. The van der Waals surface area contributed by atoms with Crippen molar-refractivity contribution in [2.75, 3.05) is 0 Å². The molecule has 1 aromatic heterocycles. The Bertz CT molecular complexity index is 536. The van der Waals surface area contributed by atoms with Crippen molar-refractivity contribution in [3.8, 4) is 0 Å². The Hall–Kier alpha value is -1.54. The molecule has 2 amide bonds. The number of amides is 2. The quantitative estimate of drug-likeness (QED) is 0.555. The number of carbonyl (C=O) groups excluding carboxylic acids is 3. The van der Waals surface area contributed by atoms with Gasteiger partial charge in [-0.25, -0.2) is 4.98 Å². The lowest BCUT2D eigenvalue weighted by atomic mass is 10.2. The summed E-state index contributed by atoms with van der Waals surface area (Å²) < 4.78 is 0. The summed E-state index contributed by atoms with van der Waals surface area (Å²) in [5.74, 6) is -2.32. The van der Waals surface area contributed by atoms with Crippen LogP contribution in [0.2, 0.25) is 0 Å². The maximum Gasteiger partial charge on any atom is 0.230 e. The molecule has 0 aromatic carbocycles. The zero-order valence-electron chi connectivity index (χ0n) is 11.2. The molecule has 6 nitrogen and oxygen atoms in total. The van der Waals surface area contributed by atoms with Gasteiger partial charge in [0.1, 0.15) is 5.03 Å². The van der Waals surface area contributed by atoms with E-state index >= 15 is 0 Å². The fourth-order valence-electron chi connectivity index (χ4n) is 1.99. The molecule has 0 radical (unpaired) electrons. The predicted octanol–water partition coefficient (Wildman–Crippen LogP) is 0.478. The SMILES string of the molecule is CC(SSc1ccccn1)C(C(=O)[O-])N1C(=O)CCC1=O. The van der Waals surface area contributed by atoms with Crippen molar-refractivity contribution in [3.63, 3.8) is 0 Å². The highest BCUT2D eigenvalue weighted by Gasteiger charge is 2.38. The maximum atomic E-state index is 11.7. The molecule has 1 fully saturated rings. The van der Waals surface area contributed by atoms with E-state index in [0.717, 1.165) is 9.93 Å². The fourth-order valence-corrected chi connectivity index (χ4v) is 4.17. The number of aliphatic carboxylic acids is 1. The number of hydrogen-bond acceptors (Lipinski definition) is 7. The lowest BCUT2D eigenvalue weighted by molar-refractivity contribution is -0.310. The minimum atomic E-state index is -1.42. The first kappa shape index (κ1) is 15.8. The summed E-state index contributed by atoms with van der Waals surface area (Å²) in [6.45, 7) is 1.65. The topological polar surface area (TPSA) is 90.4 Å². The summed E-state index contributed by atoms with van der Waals surface area (Å²) in [5.41, 5.74) is 0. The van der Waals surface area contributed by atoms with Crippen LogP contribution >= 0.6 is 21.6 Å². The zero-order chi connectivity index (χ0) is 15.4. The Balaban J connectivity index is 2.06. The number of carbonyl (C=O) groups is 3. The van der Waals surface area contributed by atoms with Gasteiger partial charge in [0.05, 0.1) is 12.0 Å². The van der Waals surface area contributed by atoms with Crippen LogP contribution in [0, 0.1) is 0 Å². The van der Waals surface area contributed by atoms with Gasteiger partial charge in [0.25, 0.3) is 0 Å². The Kier molecular flexibility index (Phi) is 5.24. The highest BCUT2D eigenvalue weighted by atomic mass is 33.1. The van der Waals surface area contributed by atoms with Crippen LogP contribution in [0.15, 0.2) is 29.4 Å². The Morgan fingerprint density at radius 3 is 2.52 bits per heavy atom. The van der Waals surface area contributed by atoms with Crippen molar-refractivity contribution in [3.05, 3.63) is 24.4 Å². The normalized spacial score (nSPS) is 17.9. The molecule has 2 atom stereocenters. The molecule has 1 aliphatic rings. The highest BCUT2D eigenvalue weighted by molar-refractivity contribution is 8.76. The first-order valence-corrected chi connectivity index (χ1v) is 8.52. The van der Waals surface area contributed by atoms with Crippen LogP contribution in [0.4, 0.5) is 0 Å². The van der Waals surface area contributed by atoms with Gasteiger partial charge < -0.3 is 9.90 Å². The van der Waals surface area contributed by atoms with Crippen molar-refractivity contribution in [2.45, 2.75) is 36.1 Å². The number of aromatic nitrogens is 1. The van der Waals surface area contributed by atoms with Crippen molar-refractivity contribution in [1.82, 2.24) is 9.88 Å². The molecule has 1 saturated heterocycles.